The van der Waals surface area contributed by atoms with Crippen LogP contribution in [0.25, 0.3) is 0 Å². The van der Waals surface area contributed by atoms with Crippen LogP contribution in [0.3, 0.4) is 0 Å². The van der Waals surface area contributed by atoms with E-state index in [0.29, 0.717) is 13.0 Å². The minimum Gasteiger partial charge on any atom is -0.493 e. The second-order valence-electron chi connectivity index (χ2n) is 5.06. The van der Waals surface area contributed by atoms with Gasteiger partial charge in [0.1, 0.15) is 5.75 Å². The van der Waals surface area contributed by atoms with Gasteiger partial charge in [-0.25, -0.2) is 4.98 Å². The molecular formula is C16H18N2O2. The summed E-state index contributed by atoms with van der Waals surface area (Å²) in [5, 5.41) is 0. The Balaban J connectivity index is 1.60. The lowest BCUT2D eigenvalue weighted by atomic mass is 9.90. The number of rotatable bonds is 5. The van der Waals surface area contributed by atoms with Gasteiger partial charge in [0.05, 0.1) is 12.9 Å². The SMILES string of the molecule is O=C1CCCc2c(OCCCn3ccnc3)cccc21. The van der Waals surface area contributed by atoms with Crippen LogP contribution in [-0.2, 0) is 13.0 Å². The number of carbonyl (C=O) groups is 1. The number of fused-ring (bicyclic) bond motifs is 1. The van der Waals surface area contributed by atoms with Gasteiger partial charge in [-0.15, -0.1) is 0 Å². The summed E-state index contributed by atoms with van der Waals surface area (Å²) in [7, 11) is 0. The fraction of sp³-hybridized carbons (Fsp3) is 0.375. The molecule has 0 aliphatic heterocycles. The van der Waals surface area contributed by atoms with Crippen molar-refractivity contribution in [2.45, 2.75) is 32.2 Å². The van der Waals surface area contributed by atoms with E-state index in [1.807, 2.05) is 35.3 Å². The molecule has 4 heteroatoms. The number of nitrogens with zero attached hydrogens (tertiary/aromatic N) is 2. The molecule has 0 radical (unpaired) electrons. The molecule has 0 spiro atoms. The fourth-order valence-electron chi connectivity index (χ4n) is 2.63. The van der Waals surface area contributed by atoms with Crippen molar-refractivity contribution in [3.63, 3.8) is 0 Å². The van der Waals surface area contributed by atoms with Crippen LogP contribution in [0, 0.1) is 0 Å². The van der Waals surface area contributed by atoms with Gasteiger partial charge in [0, 0.05) is 36.5 Å². The zero-order valence-corrected chi connectivity index (χ0v) is 11.4. The van der Waals surface area contributed by atoms with Gasteiger partial charge in [-0.05, 0) is 25.3 Å². The molecule has 0 atom stereocenters. The average molecular weight is 270 g/mol. The van der Waals surface area contributed by atoms with Crippen LogP contribution < -0.4 is 4.74 Å². The Bertz CT molecular complexity index is 591. The molecule has 4 nitrogen and oxygen atoms in total. The van der Waals surface area contributed by atoms with Gasteiger partial charge in [-0.3, -0.25) is 4.79 Å². The summed E-state index contributed by atoms with van der Waals surface area (Å²) in [5.41, 5.74) is 1.94. The quantitative estimate of drug-likeness (QED) is 0.785. The van der Waals surface area contributed by atoms with Crippen molar-refractivity contribution in [3.05, 3.63) is 48.0 Å². The maximum Gasteiger partial charge on any atom is 0.163 e. The summed E-state index contributed by atoms with van der Waals surface area (Å²) in [6, 6.07) is 5.79. The van der Waals surface area contributed by atoms with Crippen molar-refractivity contribution in [3.8, 4) is 5.75 Å². The van der Waals surface area contributed by atoms with Crippen molar-refractivity contribution in [1.82, 2.24) is 9.55 Å². The normalized spacial score (nSPS) is 14.1. The lowest BCUT2D eigenvalue weighted by molar-refractivity contribution is 0.0971. The van der Waals surface area contributed by atoms with Gasteiger partial charge in [0.15, 0.2) is 5.78 Å². The highest BCUT2D eigenvalue weighted by atomic mass is 16.5. The zero-order chi connectivity index (χ0) is 13.8. The second-order valence-corrected chi connectivity index (χ2v) is 5.06. The van der Waals surface area contributed by atoms with E-state index in [2.05, 4.69) is 4.98 Å². The molecule has 0 amide bonds. The highest BCUT2D eigenvalue weighted by Gasteiger charge is 2.19. The predicted molar refractivity (Wildman–Crippen MR) is 76.0 cm³/mol. The molecule has 3 rings (SSSR count). The first-order valence-corrected chi connectivity index (χ1v) is 7.08. The van der Waals surface area contributed by atoms with Gasteiger partial charge in [0.25, 0.3) is 0 Å². The summed E-state index contributed by atoms with van der Waals surface area (Å²) in [4.78, 5) is 15.9. The summed E-state index contributed by atoms with van der Waals surface area (Å²) in [6.07, 6.45) is 9.00. The van der Waals surface area contributed by atoms with E-state index in [1.165, 1.54) is 0 Å². The highest BCUT2D eigenvalue weighted by molar-refractivity contribution is 5.99. The first-order chi connectivity index (χ1) is 9.84. The maximum absolute atomic E-state index is 11.9. The molecule has 0 N–H and O–H groups in total. The summed E-state index contributed by atoms with van der Waals surface area (Å²) in [6.45, 7) is 1.55. The first kappa shape index (κ1) is 12.9. The minimum absolute atomic E-state index is 0.245. The van der Waals surface area contributed by atoms with Crippen LogP contribution >= 0.6 is 0 Å². The maximum atomic E-state index is 11.9. The van der Waals surface area contributed by atoms with Crippen molar-refractivity contribution < 1.29 is 9.53 Å². The summed E-state index contributed by atoms with van der Waals surface area (Å²) in [5.74, 6) is 1.12. The molecule has 0 fully saturated rings. The van der Waals surface area contributed by atoms with Crippen molar-refractivity contribution >= 4 is 5.78 Å². The third-order valence-electron chi connectivity index (χ3n) is 3.64. The molecule has 104 valence electrons. The number of ketones is 1. The molecule has 1 aromatic carbocycles. The minimum atomic E-state index is 0.245. The van der Waals surface area contributed by atoms with Crippen molar-refractivity contribution in [2.24, 2.45) is 0 Å². The predicted octanol–water partition coefficient (Wildman–Crippen LogP) is 2.87. The Morgan fingerprint density at radius 1 is 1.30 bits per heavy atom. The summed E-state index contributed by atoms with van der Waals surface area (Å²) >= 11 is 0. The molecule has 1 heterocycles. The number of Topliss-reactive ketones (excluding diaryl/α,β-unsaturated/α-hetero) is 1. The Hall–Kier alpha value is -2.10. The third-order valence-corrected chi connectivity index (χ3v) is 3.64. The van der Waals surface area contributed by atoms with E-state index < -0.39 is 0 Å². The van der Waals surface area contributed by atoms with E-state index >= 15 is 0 Å². The van der Waals surface area contributed by atoms with Crippen LogP contribution in [0.15, 0.2) is 36.9 Å². The Labute approximate surface area is 118 Å². The molecular weight excluding hydrogens is 252 g/mol. The van der Waals surface area contributed by atoms with E-state index in [0.717, 1.165) is 42.7 Å². The van der Waals surface area contributed by atoms with Crippen molar-refractivity contribution in [1.29, 1.82) is 0 Å². The third kappa shape index (κ3) is 2.74. The smallest absolute Gasteiger partial charge is 0.163 e. The number of ether oxygens (including phenoxy) is 1. The van der Waals surface area contributed by atoms with Gasteiger partial charge in [-0.2, -0.15) is 0 Å². The highest BCUT2D eigenvalue weighted by Crippen LogP contribution is 2.29. The molecule has 1 aliphatic rings. The number of aromatic nitrogens is 2. The first-order valence-electron chi connectivity index (χ1n) is 7.08. The van der Waals surface area contributed by atoms with E-state index in [1.54, 1.807) is 6.20 Å². The van der Waals surface area contributed by atoms with Gasteiger partial charge in [0.2, 0.25) is 0 Å². The van der Waals surface area contributed by atoms with Crippen LogP contribution in [0.5, 0.6) is 5.75 Å². The molecule has 0 bridgehead atoms. The van der Waals surface area contributed by atoms with Crippen LogP contribution in [0.1, 0.15) is 35.2 Å². The van der Waals surface area contributed by atoms with Crippen LogP contribution in [0.2, 0.25) is 0 Å². The number of hydrogen-bond donors (Lipinski definition) is 0. The molecule has 2 aromatic rings. The van der Waals surface area contributed by atoms with Crippen molar-refractivity contribution in [2.75, 3.05) is 6.61 Å². The lowest BCUT2D eigenvalue weighted by Crippen LogP contribution is -2.13. The molecule has 0 saturated heterocycles. The molecule has 0 unspecified atom stereocenters. The van der Waals surface area contributed by atoms with E-state index in [-0.39, 0.29) is 5.78 Å². The lowest BCUT2D eigenvalue weighted by Gasteiger charge is -2.18. The Kier molecular flexibility index (Phi) is 3.81. The van der Waals surface area contributed by atoms with Gasteiger partial charge >= 0.3 is 0 Å². The zero-order valence-electron chi connectivity index (χ0n) is 11.4. The number of carbonyl (C=O) groups excluding carboxylic acids is 1. The monoisotopic (exact) mass is 270 g/mol. The number of aryl methyl sites for hydroxylation is 1. The topological polar surface area (TPSA) is 44.1 Å². The second kappa shape index (κ2) is 5.90. The number of imidazole rings is 1. The van der Waals surface area contributed by atoms with E-state index in [9.17, 15) is 4.79 Å². The average Bonchev–Trinajstić information content (AvgIpc) is 2.98. The number of benzene rings is 1. The molecule has 1 aromatic heterocycles. The standard InChI is InChI=1S/C16H18N2O2/c19-15-6-1-5-14-13(15)4-2-7-16(14)20-11-3-9-18-10-8-17-12-18/h2,4,7-8,10,12H,1,3,5-6,9,11H2. The molecule has 0 saturated carbocycles. The van der Waals surface area contributed by atoms with Crippen LogP contribution in [-0.4, -0.2) is 21.9 Å². The van der Waals surface area contributed by atoms with E-state index in [4.69, 9.17) is 4.74 Å². The van der Waals surface area contributed by atoms with Gasteiger partial charge < -0.3 is 9.30 Å². The van der Waals surface area contributed by atoms with Crippen LogP contribution in [0.4, 0.5) is 0 Å². The summed E-state index contributed by atoms with van der Waals surface area (Å²) < 4.78 is 7.90. The molecule has 20 heavy (non-hydrogen) atoms. The number of hydrogen-bond acceptors (Lipinski definition) is 3. The largest absolute Gasteiger partial charge is 0.493 e. The van der Waals surface area contributed by atoms with Gasteiger partial charge in [-0.1, -0.05) is 12.1 Å². The Morgan fingerprint density at radius 3 is 3.10 bits per heavy atom. The molecule has 1 aliphatic carbocycles. The Morgan fingerprint density at radius 2 is 2.25 bits per heavy atom. The fourth-order valence-corrected chi connectivity index (χ4v) is 2.63.